The van der Waals surface area contributed by atoms with E-state index in [0.717, 1.165) is 22.8 Å². The fourth-order valence-corrected chi connectivity index (χ4v) is 4.21. The Kier molecular flexibility index (Phi) is 5.11. The molecule has 1 N–H and O–H groups in total. The van der Waals surface area contributed by atoms with Gasteiger partial charge in [-0.3, -0.25) is 4.79 Å². The summed E-state index contributed by atoms with van der Waals surface area (Å²) < 4.78 is 27.4. The van der Waals surface area contributed by atoms with E-state index in [2.05, 4.69) is 10.4 Å². The predicted molar refractivity (Wildman–Crippen MR) is 115 cm³/mol. The average Bonchev–Trinajstić information content (AvgIpc) is 3.46. The average molecular weight is 428 g/mol. The summed E-state index contributed by atoms with van der Waals surface area (Å²) in [5, 5.41) is 8.00. The van der Waals surface area contributed by atoms with Gasteiger partial charge in [-0.1, -0.05) is 0 Å². The first-order valence-corrected chi connectivity index (χ1v) is 11.3. The first kappa shape index (κ1) is 20.5. The van der Waals surface area contributed by atoms with Gasteiger partial charge in [-0.05, 0) is 57.0 Å². The summed E-state index contributed by atoms with van der Waals surface area (Å²) >= 11 is 0. The van der Waals surface area contributed by atoms with Crippen molar-refractivity contribution >= 4 is 32.7 Å². The minimum atomic E-state index is -3.52. The SMILES string of the molecule is CC(C)n1ncc2c(C(=O)Nc3ccc(S(=O)(=O)N(C)C)cc3)cc(C3CC3)nc21. The van der Waals surface area contributed by atoms with Crippen LogP contribution in [0.3, 0.4) is 0 Å². The van der Waals surface area contributed by atoms with Gasteiger partial charge >= 0.3 is 0 Å². The number of carbonyl (C=O) groups is 1. The molecule has 0 radical (unpaired) electrons. The number of nitrogens with zero attached hydrogens (tertiary/aromatic N) is 4. The van der Waals surface area contributed by atoms with Crippen LogP contribution in [-0.2, 0) is 10.0 Å². The lowest BCUT2D eigenvalue weighted by Gasteiger charge is -2.13. The summed E-state index contributed by atoms with van der Waals surface area (Å²) in [5.74, 6) is 0.128. The van der Waals surface area contributed by atoms with Crippen LogP contribution in [0.1, 0.15) is 54.7 Å². The molecule has 0 unspecified atom stereocenters. The molecule has 1 aromatic carbocycles. The van der Waals surface area contributed by atoms with Crippen LogP contribution in [0.15, 0.2) is 41.4 Å². The molecule has 0 spiro atoms. The smallest absolute Gasteiger partial charge is 0.256 e. The zero-order valence-corrected chi connectivity index (χ0v) is 18.3. The number of pyridine rings is 1. The van der Waals surface area contributed by atoms with Gasteiger partial charge in [-0.25, -0.2) is 22.4 Å². The lowest BCUT2D eigenvalue weighted by molar-refractivity contribution is 0.102. The van der Waals surface area contributed by atoms with Crippen molar-refractivity contribution in [3.8, 4) is 0 Å². The Balaban J connectivity index is 1.67. The normalized spacial score (nSPS) is 14.6. The highest BCUT2D eigenvalue weighted by atomic mass is 32.2. The van der Waals surface area contributed by atoms with E-state index < -0.39 is 10.0 Å². The fraction of sp³-hybridized carbons (Fsp3) is 0.381. The summed E-state index contributed by atoms with van der Waals surface area (Å²) in [4.78, 5) is 18.0. The number of hydrogen-bond donors (Lipinski definition) is 1. The Morgan fingerprint density at radius 3 is 2.43 bits per heavy atom. The van der Waals surface area contributed by atoms with E-state index >= 15 is 0 Å². The monoisotopic (exact) mass is 427 g/mol. The second-order valence-corrected chi connectivity index (χ2v) is 10.2. The highest BCUT2D eigenvalue weighted by Gasteiger charge is 2.28. The molecule has 4 rings (SSSR count). The van der Waals surface area contributed by atoms with Gasteiger partial charge in [0.15, 0.2) is 5.65 Å². The maximum Gasteiger partial charge on any atom is 0.256 e. The first-order valence-electron chi connectivity index (χ1n) is 9.90. The van der Waals surface area contributed by atoms with Crippen LogP contribution >= 0.6 is 0 Å². The lowest BCUT2D eigenvalue weighted by atomic mass is 10.1. The van der Waals surface area contributed by atoms with Crippen molar-refractivity contribution in [2.24, 2.45) is 0 Å². The van der Waals surface area contributed by atoms with Crippen LogP contribution in [0, 0.1) is 0 Å². The van der Waals surface area contributed by atoms with Gasteiger partial charge in [0.2, 0.25) is 10.0 Å². The number of aromatic nitrogens is 3. The molecule has 2 aromatic heterocycles. The van der Waals surface area contributed by atoms with Crippen molar-refractivity contribution in [1.29, 1.82) is 0 Å². The van der Waals surface area contributed by atoms with E-state index in [0.29, 0.717) is 28.2 Å². The predicted octanol–water partition coefficient (Wildman–Crippen LogP) is 3.39. The van der Waals surface area contributed by atoms with Crippen LogP contribution < -0.4 is 5.32 Å². The lowest BCUT2D eigenvalue weighted by Crippen LogP contribution is -2.22. The number of carbonyl (C=O) groups excluding carboxylic acids is 1. The third kappa shape index (κ3) is 3.70. The van der Waals surface area contributed by atoms with E-state index in [4.69, 9.17) is 4.98 Å². The molecule has 30 heavy (non-hydrogen) atoms. The molecule has 1 aliphatic carbocycles. The summed E-state index contributed by atoms with van der Waals surface area (Å²) in [5.41, 5.74) is 2.68. The first-order chi connectivity index (χ1) is 14.2. The van der Waals surface area contributed by atoms with Crippen LogP contribution in [-0.4, -0.2) is 47.5 Å². The standard InChI is InChI=1S/C21H25N5O3S/c1-13(2)26-20-18(12-22-26)17(11-19(24-20)14-5-6-14)21(27)23-15-7-9-16(10-8-15)30(28,29)25(3)4/h7-14H,5-6H2,1-4H3,(H,23,27). The highest BCUT2D eigenvalue weighted by Crippen LogP contribution is 2.40. The van der Waals surface area contributed by atoms with Gasteiger partial charge in [-0.15, -0.1) is 0 Å². The zero-order valence-electron chi connectivity index (χ0n) is 17.5. The quantitative estimate of drug-likeness (QED) is 0.650. The number of fused-ring (bicyclic) bond motifs is 1. The zero-order chi connectivity index (χ0) is 21.6. The van der Waals surface area contributed by atoms with Crippen molar-refractivity contribution in [2.75, 3.05) is 19.4 Å². The molecule has 1 amide bonds. The maximum absolute atomic E-state index is 13.1. The van der Waals surface area contributed by atoms with Gasteiger partial charge < -0.3 is 5.32 Å². The van der Waals surface area contributed by atoms with Crippen molar-refractivity contribution < 1.29 is 13.2 Å². The fourth-order valence-electron chi connectivity index (χ4n) is 3.31. The third-order valence-electron chi connectivity index (χ3n) is 5.21. The molecule has 2 heterocycles. The minimum absolute atomic E-state index is 0.131. The van der Waals surface area contributed by atoms with E-state index in [9.17, 15) is 13.2 Å². The van der Waals surface area contributed by atoms with E-state index in [1.807, 2.05) is 24.6 Å². The van der Waals surface area contributed by atoms with Gasteiger partial charge in [-0.2, -0.15) is 5.10 Å². The number of amides is 1. The maximum atomic E-state index is 13.1. The van der Waals surface area contributed by atoms with Crippen molar-refractivity contribution in [1.82, 2.24) is 19.1 Å². The van der Waals surface area contributed by atoms with E-state index in [1.165, 1.54) is 26.2 Å². The van der Waals surface area contributed by atoms with Crippen LogP contribution in [0.2, 0.25) is 0 Å². The van der Waals surface area contributed by atoms with Gasteiger partial charge in [0.05, 0.1) is 22.0 Å². The molecule has 1 saturated carbocycles. The molecule has 3 aromatic rings. The Bertz CT molecular complexity index is 1210. The second-order valence-electron chi connectivity index (χ2n) is 8.06. The minimum Gasteiger partial charge on any atom is -0.322 e. The molecule has 158 valence electrons. The molecule has 0 atom stereocenters. The van der Waals surface area contributed by atoms with E-state index in [1.54, 1.807) is 18.3 Å². The number of sulfonamides is 1. The summed E-state index contributed by atoms with van der Waals surface area (Å²) in [6.45, 7) is 4.06. The van der Waals surface area contributed by atoms with Gasteiger partial charge in [0.25, 0.3) is 5.91 Å². The summed E-state index contributed by atoms with van der Waals surface area (Å²) in [6.07, 6.45) is 3.84. The molecular weight excluding hydrogens is 402 g/mol. The number of anilines is 1. The third-order valence-corrected chi connectivity index (χ3v) is 7.04. The molecule has 1 fully saturated rings. The van der Waals surface area contributed by atoms with Crippen LogP contribution in [0.5, 0.6) is 0 Å². The molecular formula is C21H25N5O3S. The Morgan fingerprint density at radius 2 is 1.87 bits per heavy atom. The van der Waals surface area contributed by atoms with Gasteiger partial charge in [0.1, 0.15) is 0 Å². The van der Waals surface area contributed by atoms with Crippen LogP contribution in [0.4, 0.5) is 5.69 Å². The van der Waals surface area contributed by atoms with Crippen molar-refractivity contribution in [3.63, 3.8) is 0 Å². The molecule has 9 heteroatoms. The van der Waals surface area contributed by atoms with Crippen molar-refractivity contribution in [2.45, 2.75) is 43.5 Å². The summed E-state index contributed by atoms with van der Waals surface area (Å²) in [6, 6.07) is 8.13. The summed E-state index contributed by atoms with van der Waals surface area (Å²) in [7, 11) is -0.554. The molecule has 0 bridgehead atoms. The Hall–Kier alpha value is -2.78. The number of rotatable bonds is 6. The largest absolute Gasteiger partial charge is 0.322 e. The van der Waals surface area contributed by atoms with Gasteiger partial charge in [0, 0.05) is 37.4 Å². The molecule has 0 aliphatic heterocycles. The number of benzene rings is 1. The van der Waals surface area contributed by atoms with E-state index in [-0.39, 0.29) is 16.8 Å². The Morgan fingerprint density at radius 1 is 1.20 bits per heavy atom. The topological polar surface area (TPSA) is 97.2 Å². The number of nitrogens with one attached hydrogen (secondary N) is 1. The molecule has 8 nitrogen and oxygen atoms in total. The van der Waals surface area contributed by atoms with Crippen molar-refractivity contribution in [3.05, 3.63) is 47.8 Å². The Labute approximate surface area is 176 Å². The highest BCUT2D eigenvalue weighted by molar-refractivity contribution is 7.89. The van der Waals surface area contributed by atoms with Crippen LogP contribution in [0.25, 0.3) is 11.0 Å². The molecule has 0 saturated heterocycles. The number of hydrogen-bond acceptors (Lipinski definition) is 5. The second kappa shape index (κ2) is 7.48. The molecule has 1 aliphatic rings.